The SMILES string of the molecule is O=C(NCc1ccc2c(c1)OCO2)c1cnc2sc(N3CCCCC3)nn2c1=O. The topological polar surface area (TPSA) is 98.1 Å². The number of carbonyl (C=O) groups is 1. The Balaban J connectivity index is 1.34. The highest BCUT2D eigenvalue weighted by molar-refractivity contribution is 7.20. The van der Waals surface area contributed by atoms with Gasteiger partial charge in [0.25, 0.3) is 11.5 Å². The standard InChI is InChI=1S/C19H19N5O4S/c25-16(20-9-12-4-5-14-15(8-12)28-11-27-14)13-10-21-18-24(17(13)26)22-19(29-18)23-6-2-1-3-7-23/h4-5,8,10H,1-3,6-7,9,11H2,(H,20,25). The van der Waals surface area contributed by atoms with Crippen molar-refractivity contribution in [1.29, 1.82) is 0 Å². The average molecular weight is 413 g/mol. The lowest BCUT2D eigenvalue weighted by Gasteiger charge is -2.25. The molecule has 0 bridgehead atoms. The highest BCUT2D eigenvalue weighted by atomic mass is 32.1. The Morgan fingerprint density at radius 3 is 2.86 bits per heavy atom. The molecule has 3 aromatic rings. The summed E-state index contributed by atoms with van der Waals surface area (Å²) in [6.07, 6.45) is 4.77. The van der Waals surface area contributed by atoms with Gasteiger partial charge in [0.2, 0.25) is 16.9 Å². The van der Waals surface area contributed by atoms with E-state index in [1.54, 1.807) is 6.07 Å². The van der Waals surface area contributed by atoms with Crippen LogP contribution in [0.2, 0.25) is 0 Å². The summed E-state index contributed by atoms with van der Waals surface area (Å²) in [5, 5.41) is 7.94. The van der Waals surface area contributed by atoms with Crippen molar-refractivity contribution in [2.24, 2.45) is 0 Å². The van der Waals surface area contributed by atoms with Crippen molar-refractivity contribution >= 4 is 27.3 Å². The second-order valence-corrected chi connectivity index (χ2v) is 7.91. The van der Waals surface area contributed by atoms with Crippen LogP contribution in [-0.4, -0.2) is 40.4 Å². The second-order valence-electron chi connectivity index (χ2n) is 6.97. The molecular weight excluding hydrogens is 394 g/mol. The first-order chi connectivity index (χ1) is 14.2. The van der Waals surface area contributed by atoms with Crippen LogP contribution in [0.1, 0.15) is 35.2 Å². The minimum absolute atomic E-state index is 0.0289. The van der Waals surface area contributed by atoms with Gasteiger partial charge in [-0.3, -0.25) is 9.59 Å². The molecule has 1 fully saturated rings. The van der Waals surface area contributed by atoms with Crippen molar-refractivity contribution in [2.75, 3.05) is 24.8 Å². The smallest absolute Gasteiger partial charge is 0.288 e. The van der Waals surface area contributed by atoms with E-state index < -0.39 is 11.5 Å². The van der Waals surface area contributed by atoms with Crippen molar-refractivity contribution in [2.45, 2.75) is 25.8 Å². The molecule has 1 amide bonds. The molecule has 0 radical (unpaired) electrons. The highest BCUT2D eigenvalue weighted by Crippen LogP contribution is 2.32. The maximum atomic E-state index is 12.8. The molecule has 0 atom stereocenters. The second kappa shape index (κ2) is 7.36. The summed E-state index contributed by atoms with van der Waals surface area (Å²) in [4.78, 5) is 32.3. The maximum Gasteiger partial charge on any atom is 0.288 e. The molecule has 29 heavy (non-hydrogen) atoms. The van der Waals surface area contributed by atoms with Crippen LogP contribution in [0.3, 0.4) is 0 Å². The fourth-order valence-corrected chi connectivity index (χ4v) is 4.39. The summed E-state index contributed by atoms with van der Waals surface area (Å²) < 4.78 is 11.8. The van der Waals surface area contributed by atoms with E-state index in [4.69, 9.17) is 9.47 Å². The van der Waals surface area contributed by atoms with E-state index in [0.29, 0.717) is 16.5 Å². The van der Waals surface area contributed by atoms with Crippen LogP contribution in [-0.2, 0) is 6.54 Å². The van der Waals surface area contributed by atoms with Crippen LogP contribution in [0, 0.1) is 0 Å². The zero-order valence-corrected chi connectivity index (χ0v) is 16.4. The minimum Gasteiger partial charge on any atom is -0.454 e. The Hall–Kier alpha value is -3.14. The number of nitrogens with zero attached hydrogens (tertiary/aromatic N) is 4. The van der Waals surface area contributed by atoms with Gasteiger partial charge in [-0.25, -0.2) is 4.98 Å². The minimum atomic E-state index is -0.484. The molecule has 9 nitrogen and oxygen atoms in total. The van der Waals surface area contributed by atoms with Gasteiger partial charge in [0.15, 0.2) is 11.5 Å². The van der Waals surface area contributed by atoms with Crippen molar-refractivity contribution in [3.8, 4) is 11.5 Å². The number of fused-ring (bicyclic) bond motifs is 2. The van der Waals surface area contributed by atoms with Crippen LogP contribution in [0.15, 0.2) is 29.2 Å². The van der Waals surface area contributed by atoms with Crippen molar-refractivity contribution < 1.29 is 14.3 Å². The van der Waals surface area contributed by atoms with Crippen LogP contribution in [0.25, 0.3) is 4.96 Å². The molecule has 0 unspecified atom stereocenters. The third-order valence-corrected chi connectivity index (χ3v) is 6.02. The molecule has 10 heteroatoms. The summed E-state index contributed by atoms with van der Waals surface area (Å²) in [6, 6.07) is 5.44. The molecule has 2 aliphatic rings. The van der Waals surface area contributed by atoms with Gasteiger partial charge < -0.3 is 19.7 Å². The summed E-state index contributed by atoms with van der Waals surface area (Å²) in [7, 11) is 0. The monoisotopic (exact) mass is 413 g/mol. The van der Waals surface area contributed by atoms with Gasteiger partial charge in [0.05, 0.1) is 0 Å². The Kier molecular flexibility index (Phi) is 4.55. The van der Waals surface area contributed by atoms with Gasteiger partial charge in [-0.1, -0.05) is 17.4 Å². The third kappa shape index (κ3) is 3.39. The van der Waals surface area contributed by atoms with Gasteiger partial charge in [0.1, 0.15) is 5.56 Å². The molecule has 0 saturated carbocycles. The van der Waals surface area contributed by atoms with Gasteiger partial charge in [0, 0.05) is 25.8 Å². The lowest BCUT2D eigenvalue weighted by molar-refractivity contribution is 0.0948. The Morgan fingerprint density at radius 2 is 2.00 bits per heavy atom. The number of hydrogen-bond acceptors (Lipinski definition) is 8. The van der Waals surface area contributed by atoms with Crippen LogP contribution >= 0.6 is 11.3 Å². The summed E-state index contributed by atoms with van der Waals surface area (Å²) in [5.41, 5.74) is 0.356. The van der Waals surface area contributed by atoms with Crippen LogP contribution in [0.4, 0.5) is 5.13 Å². The zero-order chi connectivity index (χ0) is 19.8. The molecule has 1 aromatic carbocycles. The Labute approximate surface area is 169 Å². The number of carbonyl (C=O) groups excluding carboxylic acids is 1. The van der Waals surface area contributed by atoms with E-state index in [0.717, 1.165) is 36.6 Å². The van der Waals surface area contributed by atoms with Crippen LogP contribution < -0.4 is 25.2 Å². The molecule has 150 valence electrons. The summed E-state index contributed by atoms with van der Waals surface area (Å²) in [5.74, 6) is 0.843. The lowest BCUT2D eigenvalue weighted by atomic mass is 10.1. The fraction of sp³-hybridized carbons (Fsp3) is 0.368. The number of piperidine rings is 1. The van der Waals surface area contributed by atoms with E-state index in [9.17, 15) is 9.59 Å². The number of amides is 1. The quantitative estimate of drug-likeness (QED) is 0.696. The molecule has 4 heterocycles. The predicted molar refractivity (Wildman–Crippen MR) is 107 cm³/mol. The zero-order valence-electron chi connectivity index (χ0n) is 15.6. The molecule has 1 N–H and O–H groups in total. The van der Waals surface area contributed by atoms with Crippen molar-refractivity contribution in [1.82, 2.24) is 19.9 Å². The van der Waals surface area contributed by atoms with Gasteiger partial charge in [-0.15, -0.1) is 5.10 Å². The van der Waals surface area contributed by atoms with E-state index in [1.807, 2.05) is 12.1 Å². The normalized spacial score (nSPS) is 15.7. The lowest BCUT2D eigenvalue weighted by Crippen LogP contribution is -2.32. The van der Waals surface area contributed by atoms with Crippen LogP contribution in [0.5, 0.6) is 11.5 Å². The summed E-state index contributed by atoms with van der Waals surface area (Å²) in [6.45, 7) is 2.31. The van der Waals surface area contributed by atoms with Gasteiger partial charge in [-0.05, 0) is 37.0 Å². The Morgan fingerprint density at radius 1 is 1.17 bits per heavy atom. The molecule has 0 aliphatic carbocycles. The van der Waals surface area contributed by atoms with Crippen molar-refractivity contribution in [3.63, 3.8) is 0 Å². The number of hydrogen-bond donors (Lipinski definition) is 1. The van der Waals surface area contributed by atoms with Gasteiger partial charge in [-0.2, -0.15) is 4.52 Å². The first kappa shape index (κ1) is 17.9. The molecule has 5 rings (SSSR count). The molecular formula is C19H19N5O4S. The van der Waals surface area contributed by atoms with Crippen molar-refractivity contribution in [3.05, 3.63) is 45.9 Å². The van der Waals surface area contributed by atoms with E-state index in [1.165, 1.54) is 28.5 Å². The first-order valence-corrected chi connectivity index (χ1v) is 10.3. The maximum absolute atomic E-state index is 12.8. The average Bonchev–Trinajstić information content (AvgIpc) is 3.40. The van der Waals surface area contributed by atoms with E-state index in [-0.39, 0.29) is 18.9 Å². The number of aromatic nitrogens is 3. The third-order valence-electron chi connectivity index (χ3n) is 5.04. The molecule has 0 spiro atoms. The largest absolute Gasteiger partial charge is 0.454 e. The predicted octanol–water partition coefficient (Wildman–Crippen LogP) is 1.80. The number of ether oxygens (including phenoxy) is 2. The Bertz CT molecular complexity index is 1140. The number of anilines is 1. The number of benzene rings is 1. The van der Waals surface area contributed by atoms with E-state index in [2.05, 4.69) is 20.3 Å². The molecule has 2 aliphatic heterocycles. The van der Waals surface area contributed by atoms with E-state index >= 15 is 0 Å². The highest BCUT2D eigenvalue weighted by Gasteiger charge is 2.20. The summed E-state index contributed by atoms with van der Waals surface area (Å²) >= 11 is 1.37. The fourth-order valence-electron chi connectivity index (χ4n) is 3.47. The van der Waals surface area contributed by atoms with Gasteiger partial charge >= 0.3 is 0 Å². The first-order valence-electron chi connectivity index (χ1n) is 9.49. The molecule has 1 saturated heterocycles. The number of rotatable bonds is 4. The molecule has 2 aromatic heterocycles. The number of nitrogens with one attached hydrogen (secondary N) is 1.